The van der Waals surface area contributed by atoms with Gasteiger partial charge in [0.25, 0.3) is 0 Å². The molecule has 0 aromatic carbocycles. The molecule has 2 heterocycles. The van der Waals surface area contributed by atoms with E-state index in [-0.39, 0.29) is 12.0 Å². The van der Waals surface area contributed by atoms with Crippen molar-refractivity contribution >= 4 is 5.91 Å². The Labute approximate surface area is 121 Å². The molecule has 1 amide bonds. The molecule has 0 aromatic rings. The molecule has 116 valence electrons. The van der Waals surface area contributed by atoms with E-state index in [4.69, 9.17) is 15.2 Å². The van der Waals surface area contributed by atoms with E-state index in [0.717, 1.165) is 52.2 Å². The first kappa shape index (κ1) is 15.7. The maximum Gasteiger partial charge on any atom is 0.225 e. The van der Waals surface area contributed by atoms with Crippen molar-refractivity contribution in [1.82, 2.24) is 9.80 Å². The molecule has 2 saturated heterocycles. The molecule has 6 heteroatoms. The van der Waals surface area contributed by atoms with Gasteiger partial charge in [-0.2, -0.15) is 0 Å². The highest BCUT2D eigenvalue weighted by molar-refractivity contribution is 5.77. The lowest BCUT2D eigenvalue weighted by molar-refractivity contribution is -0.135. The molecule has 6 nitrogen and oxygen atoms in total. The van der Waals surface area contributed by atoms with Gasteiger partial charge >= 0.3 is 0 Å². The summed E-state index contributed by atoms with van der Waals surface area (Å²) in [6.45, 7) is 5.79. The predicted molar refractivity (Wildman–Crippen MR) is 76.5 cm³/mol. The van der Waals surface area contributed by atoms with E-state index >= 15 is 0 Å². The third kappa shape index (κ3) is 4.15. The van der Waals surface area contributed by atoms with Gasteiger partial charge in [-0.25, -0.2) is 0 Å². The lowest BCUT2D eigenvalue weighted by Crippen LogP contribution is -2.47. The van der Waals surface area contributed by atoms with Crippen LogP contribution in [0.2, 0.25) is 0 Å². The van der Waals surface area contributed by atoms with E-state index in [1.165, 1.54) is 0 Å². The molecule has 0 saturated carbocycles. The van der Waals surface area contributed by atoms with E-state index in [9.17, 15) is 4.79 Å². The molecule has 2 atom stereocenters. The average molecular weight is 285 g/mol. The molecule has 0 aliphatic carbocycles. The fraction of sp³-hybridized carbons (Fsp3) is 0.929. The quantitative estimate of drug-likeness (QED) is 0.724. The second-order valence-corrected chi connectivity index (χ2v) is 5.59. The standard InChI is InChI=1S/C14H27N3O3/c1-19-13(10-15)9-14(18)17-4-2-3-12(17)11-16-5-7-20-8-6-16/h12-13H,2-11,15H2,1H3. The van der Waals surface area contributed by atoms with Crippen molar-refractivity contribution in [2.75, 3.05) is 53.0 Å². The van der Waals surface area contributed by atoms with Gasteiger partial charge in [-0.1, -0.05) is 0 Å². The van der Waals surface area contributed by atoms with Gasteiger partial charge in [0, 0.05) is 45.9 Å². The van der Waals surface area contributed by atoms with Gasteiger partial charge < -0.3 is 20.1 Å². The number of hydrogen-bond donors (Lipinski definition) is 1. The van der Waals surface area contributed by atoms with Crippen LogP contribution in [0.3, 0.4) is 0 Å². The van der Waals surface area contributed by atoms with Crippen LogP contribution in [0, 0.1) is 0 Å². The highest BCUT2D eigenvalue weighted by atomic mass is 16.5. The summed E-state index contributed by atoms with van der Waals surface area (Å²) in [7, 11) is 1.61. The fourth-order valence-electron chi connectivity index (χ4n) is 3.01. The molecule has 2 aliphatic rings. The molecule has 0 aromatic heterocycles. The number of carbonyl (C=O) groups excluding carboxylic acids is 1. The summed E-state index contributed by atoms with van der Waals surface area (Å²) in [6.07, 6.45) is 2.43. The van der Waals surface area contributed by atoms with Crippen LogP contribution in [0.1, 0.15) is 19.3 Å². The molecule has 20 heavy (non-hydrogen) atoms. The minimum absolute atomic E-state index is 0.160. The van der Waals surface area contributed by atoms with Gasteiger partial charge in [-0.15, -0.1) is 0 Å². The van der Waals surface area contributed by atoms with Crippen molar-refractivity contribution < 1.29 is 14.3 Å². The summed E-state index contributed by atoms with van der Waals surface area (Å²) in [5, 5.41) is 0. The average Bonchev–Trinajstić information content (AvgIpc) is 2.94. The van der Waals surface area contributed by atoms with Crippen molar-refractivity contribution in [3.63, 3.8) is 0 Å². The first-order valence-electron chi connectivity index (χ1n) is 7.57. The van der Waals surface area contributed by atoms with E-state index in [1.807, 2.05) is 4.90 Å². The molecular formula is C14H27N3O3. The number of ether oxygens (including phenoxy) is 2. The molecule has 0 radical (unpaired) electrons. The third-order valence-electron chi connectivity index (χ3n) is 4.27. The molecular weight excluding hydrogens is 258 g/mol. The van der Waals surface area contributed by atoms with E-state index < -0.39 is 0 Å². The van der Waals surface area contributed by atoms with Crippen molar-refractivity contribution in [2.24, 2.45) is 5.73 Å². The Morgan fingerprint density at radius 2 is 2.15 bits per heavy atom. The van der Waals surface area contributed by atoms with Crippen LogP contribution < -0.4 is 5.73 Å². The summed E-state index contributed by atoms with van der Waals surface area (Å²) in [6, 6.07) is 0.343. The topological polar surface area (TPSA) is 68.0 Å². The molecule has 2 N–H and O–H groups in total. The zero-order chi connectivity index (χ0) is 14.4. The zero-order valence-corrected chi connectivity index (χ0v) is 12.4. The van der Waals surface area contributed by atoms with E-state index in [2.05, 4.69) is 4.90 Å². The second-order valence-electron chi connectivity index (χ2n) is 5.59. The molecule has 2 aliphatic heterocycles. The van der Waals surface area contributed by atoms with Gasteiger partial charge in [0.15, 0.2) is 0 Å². The smallest absolute Gasteiger partial charge is 0.225 e. The van der Waals surface area contributed by atoms with Gasteiger partial charge in [-0.3, -0.25) is 9.69 Å². The predicted octanol–water partition coefficient (Wildman–Crippen LogP) is -0.327. The number of methoxy groups -OCH3 is 1. The van der Waals surface area contributed by atoms with Crippen LogP contribution in [-0.2, 0) is 14.3 Å². The minimum Gasteiger partial charge on any atom is -0.380 e. The Balaban J connectivity index is 1.84. The molecule has 0 spiro atoms. The SMILES string of the molecule is COC(CN)CC(=O)N1CCCC1CN1CCOCC1. The van der Waals surface area contributed by atoms with Crippen LogP contribution in [0.25, 0.3) is 0 Å². The van der Waals surface area contributed by atoms with Gasteiger partial charge in [0.2, 0.25) is 5.91 Å². The number of rotatable bonds is 6. The highest BCUT2D eigenvalue weighted by Gasteiger charge is 2.31. The maximum absolute atomic E-state index is 12.4. The third-order valence-corrected chi connectivity index (χ3v) is 4.27. The largest absolute Gasteiger partial charge is 0.380 e. The summed E-state index contributed by atoms with van der Waals surface area (Å²) in [5.41, 5.74) is 5.60. The van der Waals surface area contributed by atoms with Crippen LogP contribution in [0.5, 0.6) is 0 Å². The number of nitrogens with zero attached hydrogens (tertiary/aromatic N) is 2. The lowest BCUT2D eigenvalue weighted by Gasteiger charge is -2.33. The summed E-state index contributed by atoms with van der Waals surface area (Å²) in [4.78, 5) is 16.8. The molecule has 2 unspecified atom stereocenters. The second kappa shape index (κ2) is 7.93. The number of amides is 1. The number of hydrogen-bond acceptors (Lipinski definition) is 5. The van der Waals surface area contributed by atoms with Crippen molar-refractivity contribution in [2.45, 2.75) is 31.4 Å². The number of nitrogens with two attached hydrogens (primary N) is 1. The lowest BCUT2D eigenvalue weighted by atomic mass is 10.1. The number of carbonyl (C=O) groups is 1. The van der Waals surface area contributed by atoms with Crippen LogP contribution in [0.15, 0.2) is 0 Å². The van der Waals surface area contributed by atoms with Crippen LogP contribution in [0.4, 0.5) is 0 Å². The Bertz CT molecular complexity index is 304. The normalized spacial score (nSPS) is 25.9. The Morgan fingerprint density at radius 1 is 1.40 bits per heavy atom. The van der Waals surface area contributed by atoms with E-state index in [1.54, 1.807) is 7.11 Å². The van der Waals surface area contributed by atoms with Crippen molar-refractivity contribution in [1.29, 1.82) is 0 Å². The van der Waals surface area contributed by atoms with Gasteiger partial charge in [0.1, 0.15) is 0 Å². The van der Waals surface area contributed by atoms with Gasteiger partial charge in [-0.05, 0) is 12.8 Å². The van der Waals surface area contributed by atoms with Crippen LogP contribution in [-0.4, -0.2) is 80.9 Å². The molecule has 0 bridgehead atoms. The Morgan fingerprint density at radius 3 is 2.80 bits per heavy atom. The Hall–Kier alpha value is -0.690. The summed E-state index contributed by atoms with van der Waals surface area (Å²) in [5.74, 6) is 0.179. The first-order valence-corrected chi connectivity index (χ1v) is 7.57. The molecule has 2 fully saturated rings. The maximum atomic E-state index is 12.4. The summed E-state index contributed by atoms with van der Waals surface area (Å²) < 4.78 is 10.6. The van der Waals surface area contributed by atoms with Crippen molar-refractivity contribution in [3.05, 3.63) is 0 Å². The first-order chi connectivity index (χ1) is 9.74. The van der Waals surface area contributed by atoms with Gasteiger partial charge in [0.05, 0.1) is 25.7 Å². The minimum atomic E-state index is -0.160. The van der Waals surface area contributed by atoms with Crippen molar-refractivity contribution in [3.8, 4) is 0 Å². The fourth-order valence-corrected chi connectivity index (χ4v) is 3.01. The number of morpholine rings is 1. The monoisotopic (exact) mass is 285 g/mol. The number of likely N-dealkylation sites (tertiary alicyclic amines) is 1. The zero-order valence-electron chi connectivity index (χ0n) is 12.4. The van der Waals surface area contributed by atoms with E-state index in [0.29, 0.717) is 19.0 Å². The molecule has 2 rings (SSSR count). The van der Waals surface area contributed by atoms with Crippen LogP contribution >= 0.6 is 0 Å². The summed E-state index contributed by atoms with van der Waals surface area (Å²) >= 11 is 0. The Kier molecular flexibility index (Phi) is 6.22. The highest BCUT2D eigenvalue weighted by Crippen LogP contribution is 2.20.